The first-order chi connectivity index (χ1) is 11.6. The predicted octanol–water partition coefficient (Wildman–Crippen LogP) is 4.51. The van der Waals surface area contributed by atoms with Crippen molar-refractivity contribution in [1.82, 2.24) is 9.97 Å². The number of hydrogen-bond acceptors (Lipinski definition) is 4. The molecule has 0 saturated heterocycles. The molecular weight excluding hydrogens is 298 g/mol. The molecule has 1 aliphatic rings. The molecule has 0 aliphatic heterocycles. The van der Waals surface area contributed by atoms with Crippen molar-refractivity contribution in [2.75, 3.05) is 12.3 Å². The standard InChI is InChI=1S/C20H25N3O/c1-14(12-24-20-15(2)19(21)22-13-23-20)16-8-10-18(11-9-16)17-6-4-3-5-7-17/h8-11,13,17H,1,3-7,12H2,2H3,(H2,21,22,23). The van der Waals surface area contributed by atoms with E-state index in [1.165, 1.54) is 44.0 Å². The van der Waals surface area contributed by atoms with Crippen molar-refractivity contribution in [3.63, 3.8) is 0 Å². The molecular formula is C20H25N3O. The molecule has 1 aliphatic carbocycles. The van der Waals surface area contributed by atoms with Gasteiger partial charge in [-0.15, -0.1) is 0 Å². The van der Waals surface area contributed by atoms with Gasteiger partial charge in [0.25, 0.3) is 0 Å². The summed E-state index contributed by atoms with van der Waals surface area (Å²) < 4.78 is 5.75. The topological polar surface area (TPSA) is 61.0 Å². The molecule has 3 rings (SSSR count). The van der Waals surface area contributed by atoms with Crippen LogP contribution in [-0.4, -0.2) is 16.6 Å². The van der Waals surface area contributed by atoms with Gasteiger partial charge in [0.2, 0.25) is 5.88 Å². The lowest BCUT2D eigenvalue weighted by Gasteiger charge is -2.22. The van der Waals surface area contributed by atoms with Gasteiger partial charge >= 0.3 is 0 Å². The molecule has 1 fully saturated rings. The molecule has 0 bridgehead atoms. The second-order valence-corrected chi connectivity index (χ2v) is 6.54. The zero-order valence-electron chi connectivity index (χ0n) is 14.3. The Labute approximate surface area is 143 Å². The van der Waals surface area contributed by atoms with Crippen LogP contribution in [0, 0.1) is 6.92 Å². The number of nitrogens with two attached hydrogens (primary N) is 1. The minimum atomic E-state index is 0.389. The quantitative estimate of drug-likeness (QED) is 0.879. The maximum absolute atomic E-state index is 5.77. The van der Waals surface area contributed by atoms with Crippen LogP contribution in [0.25, 0.3) is 5.57 Å². The number of hydrogen-bond donors (Lipinski definition) is 1. The lowest BCUT2D eigenvalue weighted by atomic mass is 9.84. The first-order valence-corrected chi connectivity index (χ1v) is 8.63. The lowest BCUT2D eigenvalue weighted by molar-refractivity contribution is 0.352. The molecule has 0 spiro atoms. The molecule has 0 unspecified atom stereocenters. The first kappa shape index (κ1) is 16.5. The summed E-state index contributed by atoms with van der Waals surface area (Å²) >= 11 is 0. The Morgan fingerprint density at radius 2 is 1.88 bits per heavy atom. The van der Waals surface area contributed by atoms with E-state index in [1.54, 1.807) is 0 Å². The molecule has 4 nitrogen and oxygen atoms in total. The van der Waals surface area contributed by atoms with Gasteiger partial charge in [0.15, 0.2) is 0 Å². The Morgan fingerprint density at radius 1 is 1.17 bits per heavy atom. The first-order valence-electron chi connectivity index (χ1n) is 8.63. The van der Waals surface area contributed by atoms with Gasteiger partial charge in [-0.05, 0) is 42.4 Å². The highest BCUT2D eigenvalue weighted by molar-refractivity contribution is 5.64. The predicted molar refractivity (Wildman–Crippen MR) is 98.0 cm³/mol. The number of nitrogens with zero attached hydrogens (tertiary/aromatic N) is 2. The molecule has 1 saturated carbocycles. The average Bonchev–Trinajstić information content (AvgIpc) is 2.63. The minimum absolute atomic E-state index is 0.389. The fourth-order valence-corrected chi connectivity index (χ4v) is 3.26. The molecule has 2 N–H and O–H groups in total. The molecule has 126 valence electrons. The molecule has 0 amide bonds. The monoisotopic (exact) mass is 323 g/mol. The second kappa shape index (κ2) is 7.47. The van der Waals surface area contributed by atoms with Crippen LogP contribution in [0.1, 0.15) is 54.7 Å². The Balaban J connectivity index is 1.61. The fraction of sp³-hybridized carbons (Fsp3) is 0.400. The Hall–Kier alpha value is -2.36. The number of anilines is 1. The van der Waals surface area contributed by atoms with Gasteiger partial charge in [-0.3, -0.25) is 0 Å². The van der Waals surface area contributed by atoms with E-state index in [4.69, 9.17) is 10.5 Å². The highest BCUT2D eigenvalue weighted by Crippen LogP contribution is 2.33. The summed E-state index contributed by atoms with van der Waals surface area (Å²) in [5, 5.41) is 0. The van der Waals surface area contributed by atoms with Crippen molar-refractivity contribution >= 4 is 11.4 Å². The van der Waals surface area contributed by atoms with Gasteiger partial charge in [-0.2, -0.15) is 0 Å². The van der Waals surface area contributed by atoms with E-state index >= 15 is 0 Å². The number of ether oxygens (including phenoxy) is 1. The summed E-state index contributed by atoms with van der Waals surface area (Å²) in [4.78, 5) is 8.07. The summed E-state index contributed by atoms with van der Waals surface area (Å²) in [6.07, 6.45) is 8.15. The van der Waals surface area contributed by atoms with Crippen molar-refractivity contribution in [3.05, 3.63) is 53.9 Å². The van der Waals surface area contributed by atoms with Crippen LogP contribution in [0.4, 0.5) is 5.82 Å². The lowest BCUT2D eigenvalue weighted by Crippen LogP contribution is -2.06. The molecule has 0 radical (unpaired) electrons. The highest BCUT2D eigenvalue weighted by Gasteiger charge is 2.15. The third-order valence-electron chi connectivity index (χ3n) is 4.86. The molecule has 2 aromatic rings. The van der Waals surface area contributed by atoms with Crippen LogP contribution in [0.3, 0.4) is 0 Å². The van der Waals surface area contributed by atoms with Crippen molar-refractivity contribution in [2.24, 2.45) is 0 Å². The van der Waals surface area contributed by atoms with E-state index in [-0.39, 0.29) is 0 Å². The smallest absolute Gasteiger partial charge is 0.221 e. The summed E-state index contributed by atoms with van der Waals surface area (Å²) in [6, 6.07) is 8.78. The van der Waals surface area contributed by atoms with Gasteiger partial charge in [-0.1, -0.05) is 50.1 Å². The van der Waals surface area contributed by atoms with Gasteiger partial charge in [0, 0.05) is 0 Å². The Morgan fingerprint density at radius 3 is 2.58 bits per heavy atom. The van der Waals surface area contributed by atoms with E-state index in [1.807, 2.05) is 6.92 Å². The zero-order valence-corrected chi connectivity index (χ0v) is 14.3. The van der Waals surface area contributed by atoms with Gasteiger partial charge in [0.1, 0.15) is 18.8 Å². The zero-order chi connectivity index (χ0) is 16.9. The normalized spacial score (nSPS) is 15.2. The maximum atomic E-state index is 5.77. The summed E-state index contributed by atoms with van der Waals surface area (Å²) in [5.74, 6) is 1.69. The van der Waals surface area contributed by atoms with Crippen LogP contribution >= 0.6 is 0 Å². The fourth-order valence-electron chi connectivity index (χ4n) is 3.26. The molecule has 0 atom stereocenters. The van der Waals surface area contributed by atoms with Gasteiger partial charge in [-0.25, -0.2) is 9.97 Å². The molecule has 4 heteroatoms. The largest absolute Gasteiger partial charge is 0.472 e. The summed E-state index contributed by atoms with van der Waals surface area (Å²) in [6.45, 7) is 6.38. The van der Waals surface area contributed by atoms with Crippen LogP contribution in [0.5, 0.6) is 5.88 Å². The number of rotatable bonds is 5. The van der Waals surface area contributed by atoms with Crippen LogP contribution in [0.15, 0.2) is 37.2 Å². The van der Waals surface area contributed by atoms with Gasteiger partial charge < -0.3 is 10.5 Å². The van der Waals surface area contributed by atoms with E-state index in [0.717, 1.165) is 22.6 Å². The maximum Gasteiger partial charge on any atom is 0.221 e. The Kier molecular flexibility index (Phi) is 5.14. The van der Waals surface area contributed by atoms with E-state index in [2.05, 4.69) is 40.8 Å². The molecule has 1 aromatic heterocycles. The molecule has 1 aromatic carbocycles. The van der Waals surface area contributed by atoms with Gasteiger partial charge in [0.05, 0.1) is 5.56 Å². The summed E-state index contributed by atoms with van der Waals surface area (Å²) in [5.41, 5.74) is 10.0. The Bertz CT molecular complexity index is 703. The minimum Gasteiger partial charge on any atom is -0.472 e. The average molecular weight is 323 g/mol. The SMILES string of the molecule is C=C(COc1ncnc(N)c1C)c1ccc(C2CCCCC2)cc1. The third kappa shape index (κ3) is 3.75. The van der Waals surface area contributed by atoms with Crippen molar-refractivity contribution in [1.29, 1.82) is 0 Å². The van der Waals surface area contributed by atoms with Crippen LogP contribution in [0.2, 0.25) is 0 Å². The molecule has 24 heavy (non-hydrogen) atoms. The number of nitrogen functional groups attached to an aromatic ring is 1. The van der Waals surface area contributed by atoms with E-state index in [0.29, 0.717) is 18.3 Å². The second-order valence-electron chi connectivity index (χ2n) is 6.54. The van der Waals surface area contributed by atoms with E-state index in [9.17, 15) is 0 Å². The van der Waals surface area contributed by atoms with Crippen LogP contribution < -0.4 is 10.5 Å². The van der Waals surface area contributed by atoms with Crippen LogP contribution in [-0.2, 0) is 0 Å². The highest BCUT2D eigenvalue weighted by atomic mass is 16.5. The molecule has 1 heterocycles. The number of aromatic nitrogens is 2. The van der Waals surface area contributed by atoms with Crippen molar-refractivity contribution in [2.45, 2.75) is 44.9 Å². The van der Waals surface area contributed by atoms with Crippen molar-refractivity contribution < 1.29 is 4.74 Å². The van der Waals surface area contributed by atoms with E-state index < -0.39 is 0 Å². The third-order valence-corrected chi connectivity index (χ3v) is 4.86. The summed E-state index contributed by atoms with van der Waals surface area (Å²) in [7, 11) is 0. The number of benzene rings is 1. The van der Waals surface area contributed by atoms with Crippen molar-refractivity contribution in [3.8, 4) is 5.88 Å².